The molecule has 1 aromatic heterocycles. The highest BCUT2D eigenvalue weighted by atomic mass is 35.5. The van der Waals surface area contributed by atoms with E-state index in [9.17, 15) is 13.2 Å². The smallest absolute Gasteiger partial charge is 0.310 e. The summed E-state index contributed by atoms with van der Waals surface area (Å²) in [5, 5.41) is 10.6. The number of alkyl halides is 3. The van der Waals surface area contributed by atoms with Crippen molar-refractivity contribution in [2.45, 2.75) is 32.1 Å². The fourth-order valence-electron chi connectivity index (χ4n) is 2.23. The zero-order valence-corrected chi connectivity index (χ0v) is 12.9. The molecule has 2 aromatic rings. The highest BCUT2D eigenvalue weighted by molar-refractivity contribution is 6.30. The Hall–Kier alpha value is -1.60. The molecule has 22 heavy (non-hydrogen) atoms. The van der Waals surface area contributed by atoms with Crippen molar-refractivity contribution >= 4 is 11.6 Å². The third-order valence-electron chi connectivity index (χ3n) is 3.36. The second-order valence-corrected chi connectivity index (χ2v) is 5.28. The van der Waals surface area contributed by atoms with Crippen molar-refractivity contribution in [3.63, 3.8) is 0 Å². The van der Waals surface area contributed by atoms with E-state index in [1.165, 1.54) is 0 Å². The third-order valence-corrected chi connectivity index (χ3v) is 3.61. The molecule has 0 saturated carbocycles. The Morgan fingerprint density at radius 2 is 1.86 bits per heavy atom. The van der Waals surface area contributed by atoms with Gasteiger partial charge in [0.25, 0.3) is 0 Å². The molecule has 8 heteroatoms. The number of aromatic nitrogens is 3. The first kappa shape index (κ1) is 16.8. The number of rotatable bonds is 5. The molecular weight excluding hydrogens is 317 g/mol. The van der Waals surface area contributed by atoms with Gasteiger partial charge in [-0.15, -0.1) is 10.2 Å². The van der Waals surface area contributed by atoms with Gasteiger partial charge in [0.1, 0.15) is 0 Å². The predicted octanol–water partition coefficient (Wildman–Crippen LogP) is 3.67. The molecule has 0 spiro atoms. The van der Waals surface area contributed by atoms with Crippen LogP contribution >= 0.6 is 11.6 Å². The minimum Gasteiger partial charge on any atom is -0.310 e. The summed E-state index contributed by atoms with van der Waals surface area (Å²) < 4.78 is 40.5. The van der Waals surface area contributed by atoms with Crippen molar-refractivity contribution in [3.8, 4) is 0 Å². The summed E-state index contributed by atoms with van der Waals surface area (Å²) >= 11 is 5.80. The quantitative estimate of drug-likeness (QED) is 0.908. The molecule has 0 aliphatic rings. The first-order valence-corrected chi connectivity index (χ1v) is 7.16. The molecule has 0 amide bonds. The Kier molecular flexibility index (Phi) is 5.08. The van der Waals surface area contributed by atoms with Crippen LogP contribution in [-0.4, -0.2) is 21.8 Å². The lowest BCUT2D eigenvalue weighted by Crippen LogP contribution is -2.23. The van der Waals surface area contributed by atoms with Crippen molar-refractivity contribution in [3.05, 3.63) is 46.5 Å². The van der Waals surface area contributed by atoms with Crippen LogP contribution < -0.4 is 5.32 Å². The van der Waals surface area contributed by atoms with Gasteiger partial charge in [0.2, 0.25) is 5.82 Å². The molecule has 1 N–H and O–H groups in total. The fourth-order valence-corrected chi connectivity index (χ4v) is 2.35. The van der Waals surface area contributed by atoms with Crippen molar-refractivity contribution < 1.29 is 13.2 Å². The molecule has 0 saturated heterocycles. The molecule has 0 unspecified atom stereocenters. The summed E-state index contributed by atoms with van der Waals surface area (Å²) in [6, 6.07) is 6.36. The van der Waals surface area contributed by atoms with E-state index in [0.717, 1.165) is 4.57 Å². The van der Waals surface area contributed by atoms with Crippen molar-refractivity contribution in [2.75, 3.05) is 7.05 Å². The molecule has 0 aliphatic heterocycles. The summed E-state index contributed by atoms with van der Waals surface area (Å²) in [5.41, 5.74) is 0.696. The molecule has 120 valence electrons. The zero-order valence-electron chi connectivity index (χ0n) is 12.2. The van der Waals surface area contributed by atoms with Crippen LogP contribution in [0.25, 0.3) is 0 Å². The first-order chi connectivity index (χ1) is 10.4. The number of hydrogen-bond acceptors (Lipinski definition) is 3. The van der Waals surface area contributed by atoms with E-state index in [1.54, 1.807) is 31.3 Å². The van der Waals surface area contributed by atoms with Crippen molar-refractivity contribution in [1.29, 1.82) is 0 Å². The van der Waals surface area contributed by atoms with E-state index < -0.39 is 12.0 Å². The van der Waals surface area contributed by atoms with Crippen LogP contribution in [-0.2, 0) is 12.7 Å². The minimum absolute atomic E-state index is 0.0343. The van der Waals surface area contributed by atoms with Crippen LogP contribution in [0.15, 0.2) is 24.3 Å². The maximum absolute atomic E-state index is 13.1. The molecule has 0 radical (unpaired) electrons. The Labute approximate surface area is 131 Å². The van der Waals surface area contributed by atoms with Crippen LogP contribution in [0.3, 0.4) is 0 Å². The minimum atomic E-state index is -4.55. The predicted molar refractivity (Wildman–Crippen MR) is 77.7 cm³/mol. The molecule has 0 aliphatic carbocycles. The Morgan fingerprint density at radius 3 is 2.36 bits per heavy atom. The number of halogens is 4. The Balaban J connectivity index is 2.45. The van der Waals surface area contributed by atoms with Crippen LogP contribution in [0.5, 0.6) is 0 Å². The highest BCUT2D eigenvalue weighted by Crippen LogP contribution is 2.30. The van der Waals surface area contributed by atoms with Gasteiger partial charge in [-0.05, 0) is 31.2 Å². The molecule has 1 aromatic carbocycles. The van der Waals surface area contributed by atoms with Crippen LogP contribution in [0, 0.1) is 0 Å². The molecule has 4 nitrogen and oxygen atoms in total. The largest absolute Gasteiger partial charge is 0.451 e. The number of benzene rings is 1. The molecule has 1 heterocycles. The van der Waals surface area contributed by atoms with Gasteiger partial charge in [0.15, 0.2) is 5.82 Å². The monoisotopic (exact) mass is 332 g/mol. The van der Waals surface area contributed by atoms with E-state index in [2.05, 4.69) is 15.5 Å². The molecule has 0 bridgehead atoms. The fraction of sp³-hybridized carbons (Fsp3) is 0.429. The van der Waals surface area contributed by atoms with Gasteiger partial charge < -0.3 is 9.88 Å². The average Bonchev–Trinajstić information content (AvgIpc) is 2.87. The van der Waals surface area contributed by atoms with Crippen molar-refractivity contribution in [1.82, 2.24) is 20.1 Å². The highest BCUT2D eigenvalue weighted by Gasteiger charge is 2.39. The second kappa shape index (κ2) is 6.66. The topological polar surface area (TPSA) is 42.7 Å². The normalized spacial score (nSPS) is 13.4. The average molecular weight is 333 g/mol. The Bertz CT molecular complexity index is 618. The lowest BCUT2D eigenvalue weighted by molar-refractivity contribution is -0.147. The van der Waals surface area contributed by atoms with Gasteiger partial charge in [-0.3, -0.25) is 0 Å². The van der Waals surface area contributed by atoms with Gasteiger partial charge in [-0.2, -0.15) is 13.2 Å². The second-order valence-electron chi connectivity index (χ2n) is 4.84. The van der Waals surface area contributed by atoms with Crippen LogP contribution in [0.4, 0.5) is 13.2 Å². The molecule has 0 fully saturated rings. The summed E-state index contributed by atoms with van der Waals surface area (Å²) in [6.07, 6.45) is -3.95. The maximum atomic E-state index is 13.1. The number of hydrogen-bond donors (Lipinski definition) is 1. The standard InChI is InChI=1S/C14H16ClF3N4/c1-3-11(19-2)12-20-21-13(14(16,17)18)22(12)8-9-4-6-10(15)7-5-9/h4-7,11,19H,3,8H2,1-2H3/t11-/m1/s1. The van der Waals surface area contributed by atoms with E-state index in [0.29, 0.717) is 17.0 Å². The lowest BCUT2D eigenvalue weighted by Gasteiger charge is -2.17. The number of nitrogens with one attached hydrogen (secondary N) is 1. The van der Waals surface area contributed by atoms with Crippen LogP contribution in [0.2, 0.25) is 5.02 Å². The van der Waals surface area contributed by atoms with Gasteiger partial charge in [0, 0.05) is 5.02 Å². The molecular formula is C14H16ClF3N4. The summed E-state index contributed by atoms with van der Waals surface area (Å²) in [5.74, 6) is -0.724. The van der Waals surface area contributed by atoms with E-state index in [1.807, 2.05) is 6.92 Å². The summed E-state index contributed by atoms with van der Waals surface area (Å²) in [7, 11) is 1.68. The third kappa shape index (κ3) is 3.59. The Morgan fingerprint density at radius 1 is 1.23 bits per heavy atom. The van der Waals surface area contributed by atoms with E-state index >= 15 is 0 Å². The first-order valence-electron chi connectivity index (χ1n) is 6.78. The van der Waals surface area contributed by atoms with E-state index in [-0.39, 0.29) is 18.4 Å². The lowest BCUT2D eigenvalue weighted by atomic mass is 10.2. The van der Waals surface area contributed by atoms with Gasteiger partial charge in [-0.25, -0.2) is 0 Å². The van der Waals surface area contributed by atoms with Gasteiger partial charge in [0.05, 0.1) is 12.6 Å². The SMILES string of the molecule is CC[C@@H](NC)c1nnc(C(F)(F)F)n1Cc1ccc(Cl)cc1. The van der Waals surface area contributed by atoms with E-state index in [4.69, 9.17) is 11.6 Å². The molecule has 1 atom stereocenters. The number of nitrogens with zero attached hydrogens (tertiary/aromatic N) is 3. The van der Waals surface area contributed by atoms with Gasteiger partial charge in [-0.1, -0.05) is 30.7 Å². The summed E-state index contributed by atoms with van der Waals surface area (Å²) in [4.78, 5) is 0. The van der Waals surface area contributed by atoms with Crippen LogP contribution in [0.1, 0.15) is 36.6 Å². The van der Waals surface area contributed by atoms with Crippen molar-refractivity contribution in [2.24, 2.45) is 0 Å². The van der Waals surface area contributed by atoms with Gasteiger partial charge >= 0.3 is 6.18 Å². The molecule has 2 rings (SSSR count). The summed E-state index contributed by atoms with van der Waals surface area (Å²) in [6.45, 7) is 1.91. The maximum Gasteiger partial charge on any atom is 0.451 e. The zero-order chi connectivity index (χ0) is 16.3.